The molecule has 0 aliphatic carbocycles. The van der Waals surface area contributed by atoms with Crippen LogP contribution in [0.25, 0.3) is 0 Å². The Hall–Kier alpha value is -1.57. The highest BCUT2D eigenvalue weighted by Gasteiger charge is 2.09. The number of amides is 1. The van der Waals surface area contributed by atoms with Crippen molar-refractivity contribution in [2.75, 3.05) is 13.6 Å². The van der Waals surface area contributed by atoms with Crippen LogP contribution in [0.3, 0.4) is 0 Å². The summed E-state index contributed by atoms with van der Waals surface area (Å²) >= 11 is 0. The third-order valence-electron chi connectivity index (χ3n) is 1.76. The summed E-state index contributed by atoms with van der Waals surface area (Å²) < 4.78 is 21.8. The fourth-order valence-corrected chi connectivity index (χ4v) is 1.37. The number of H-pyrrole nitrogens is 1. The number of aromatic amines is 1. The SMILES string of the molecule is CCCN(C)C(=O)n1cnc(=S(=O)=O)[nH]1. The van der Waals surface area contributed by atoms with Crippen molar-refractivity contribution in [1.29, 1.82) is 0 Å². The van der Waals surface area contributed by atoms with Gasteiger partial charge in [-0.3, -0.25) is 5.10 Å². The summed E-state index contributed by atoms with van der Waals surface area (Å²) in [6, 6.07) is -0.346. The van der Waals surface area contributed by atoms with Crippen LogP contribution in [0.4, 0.5) is 4.79 Å². The predicted molar refractivity (Wildman–Crippen MR) is 52.5 cm³/mol. The van der Waals surface area contributed by atoms with Crippen molar-refractivity contribution < 1.29 is 13.2 Å². The molecule has 1 rings (SSSR count). The molecule has 7 nitrogen and oxygen atoms in total. The molecule has 0 radical (unpaired) electrons. The molecule has 0 fully saturated rings. The molecule has 15 heavy (non-hydrogen) atoms. The number of hydrogen-bond acceptors (Lipinski definition) is 4. The third kappa shape index (κ3) is 2.69. The molecule has 0 atom stereocenters. The molecule has 0 aliphatic rings. The summed E-state index contributed by atoms with van der Waals surface area (Å²) in [6.45, 7) is 2.54. The van der Waals surface area contributed by atoms with E-state index in [2.05, 4.69) is 10.1 Å². The Bertz CT molecular complexity index is 504. The average Bonchev–Trinajstić information content (AvgIpc) is 2.65. The summed E-state index contributed by atoms with van der Waals surface area (Å²) in [5.41, 5.74) is 0. The number of carbonyl (C=O) groups excluding carboxylic acids is 1. The second kappa shape index (κ2) is 4.78. The third-order valence-corrected chi connectivity index (χ3v) is 2.27. The number of nitrogens with one attached hydrogen (secondary N) is 1. The van der Waals surface area contributed by atoms with E-state index in [1.165, 1.54) is 4.90 Å². The molecule has 0 saturated heterocycles. The molecular weight excluding hydrogens is 220 g/mol. The Labute approximate surface area is 87.9 Å². The van der Waals surface area contributed by atoms with E-state index in [0.29, 0.717) is 6.54 Å². The summed E-state index contributed by atoms with van der Waals surface area (Å²) in [5, 5.41) is 2.35. The first-order valence-corrected chi connectivity index (χ1v) is 5.45. The monoisotopic (exact) mass is 232 g/mol. The summed E-state index contributed by atoms with van der Waals surface area (Å²) in [4.78, 5) is 16.6. The molecule has 0 aromatic carbocycles. The van der Waals surface area contributed by atoms with Crippen molar-refractivity contribution in [3.63, 3.8) is 0 Å². The normalized spacial score (nSPS) is 10.0. The van der Waals surface area contributed by atoms with Gasteiger partial charge in [0.2, 0.25) is 0 Å². The number of nitrogens with zero attached hydrogens (tertiary/aromatic N) is 3. The van der Waals surface area contributed by atoms with Gasteiger partial charge in [0.15, 0.2) is 0 Å². The molecule has 0 bridgehead atoms. The van der Waals surface area contributed by atoms with Gasteiger partial charge < -0.3 is 4.90 Å². The molecule has 1 heterocycles. The van der Waals surface area contributed by atoms with E-state index in [1.807, 2.05) is 6.92 Å². The zero-order valence-electron chi connectivity index (χ0n) is 8.47. The zero-order chi connectivity index (χ0) is 11.4. The quantitative estimate of drug-likeness (QED) is 0.723. The second-order valence-electron chi connectivity index (χ2n) is 2.97. The van der Waals surface area contributed by atoms with E-state index < -0.39 is 10.3 Å². The van der Waals surface area contributed by atoms with Crippen molar-refractivity contribution in [2.45, 2.75) is 13.3 Å². The molecule has 1 amide bonds. The van der Waals surface area contributed by atoms with Gasteiger partial charge in [-0.15, -0.1) is 0 Å². The van der Waals surface area contributed by atoms with Gasteiger partial charge in [0.1, 0.15) is 6.33 Å². The van der Waals surface area contributed by atoms with Crippen molar-refractivity contribution >= 4 is 16.3 Å². The van der Waals surface area contributed by atoms with E-state index in [9.17, 15) is 13.2 Å². The number of aromatic nitrogens is 3. The van der Waals surface area contributed by atoms with Crippen LogP contribution in [0.15, 0.2) is 6.33 Å². The first-order chi connectivity index (χ1) is 7.06. The van der Waals surface area contributed by atoms with E-state index in [4.69, 9.17) is 0 Å². The fourth-order valence-electron chi connectivity index (χ4n) is 1.06. The molecule has 0 spiro atoms. The molecule has 1 N–H and O–H groups in total. The van der Waals surface area contributed by atoms with Gasteiger partial charge in [-0.25, -0.2) is 9.78 Å². The molecule has 0 aliphatic heterocycles. The highest BCUT2D eigenvalue weighted by molar-refractivity contribution is 7.63. The Morgan fingerprint density at radius 2 is 2.33 bits per heavy atom. The van der Waals surface area contributed by atoms with Gasteiger partial charge in [0.05, 0.1) is 0 Å². The van der Waals surface area contributed by atoms with Crippen LogP contribution in [0.1, 0.15) is 13.3 Å². The van der Waals surface area contributed by atoms with E-state index in [1.54, 1.807) is 7.05 Å². The Morgan fingerprint density at radius 3 is 2.80 bits per heavy atom. The van der Waals surface area contributed by atoms with Crippen molar-refractivity contribution in [1.82, 2.24) is 19.7 Å². The van der Waals surface area contributed by atoms with E-state index in [-0.39, 0.29) is 10.8 Å². The minimum atomic E-state index is -2.45. The van der Waals surface area contributed by atoms with Crippen molar-refractivity contribution in [2.24, 2.45) is 0 Å². The summed E-state index contributed by atoms with van der Waals surface area (Å²) in [6.07, 6.45) is 1.97. The largest absolute Gasteiger partial charge is 0.344 e. The molecule has 84 valence electrons. The lowest BCUT2D eigenvalue weighted by Crippen LogP contribution is -2.32. The highest BCUT2D eigenvalue weighted by atomic mass is 32.2. The molecule has 0 unspecified atom stereocenters. The first kappa shape index (κ1) is 11.5. The minimum absolute atomic E-state index is 0.256. The van der Waals surface area contributed by atoms with Crippen molar-refractivity contribution in [3.8, 4) is 0 Å². The second-order valence-corrected chi connectivity index (χ2v) is 3.83. The van der Waals surface area contributed by atoms with Crippen molar-refractivity contribution in [3.05, 3.63) is 11.1 Å². The molecule has 1 aromatic rings. The lowest BCUT2D eigenvalue weighted by atomic mass is 10.4. The van der Waals surface area contributed by atoms with Crippen LogP contribution < -0.4 is 0 Å². The molecule has 1 aromatic heterocycles. The molecule has 8 heteroatoms. The topological polar surface area (TPSA) is 88.1 Å². The van der Waals surface area contributed by atoms with Crippen LogP contribution in [0.2, 0.25) is 0 Å². The molecule has 0 saturated carbocycles. The lowest BCUT2D eigenvalue weighted by molar-refractivity contribution is 0.207. The maximum Gasteiger partial charge on any atom is 0.344 e. The average molecular weight is 232 g/mol. The Kier molecular flexibility index (Phi) is 3.67. The van der Waals surface area contributed by atoms with Gasteiger partial charge in [-0.1, -0.05) is 6.92 Å². The van der Waals surface area contributed by atoms with Gasteiger partial charge in [-0.2, -0.15) is 13.1 Å². The number of rotatable bonds is 2. The van der Waals surface area contributed by atoms with Gasteiger partial charge >= 0.3 is 6.03 Å². The smallest absolute Gasteiger partial charge is 0.326 e. The Balaban J connectivity index is 2.98. The highest BCUT2D eigenvalue weighted by Crippen LogP contribution is 1.92. The van der Waals surface area contributed by atoms with E-state index >= 15 is 0 Å². The van der Waals surface area contributed by atoms with Gasteiger partial charge in [-0.05, 0) is 6.42 Å². The standard InChI is InChI=1S/C7H12N4O3S/c1-3-4-10(2)7(12)11-5-8-6(9-11)15(13)14/h5,9H,3-4H2,1-2H3. The van der Waals surface area contributed by atoms with Crippen LogP contribution in [-0.2, 0) is 10.3 Å². The number of hydrogen-bond donors (Lipinski definition) is 1. The zero-order valence-corrected chi connectivity index (χ0v) is 9.28. The lowest BCUT2D eigenvalue weighted by Gasteiger charge is -2.14. The maximum absolute atomic E-state index is 11.6. The maximum atomic E-state index is 11.6. The Morgan fingerprint density at radius 1 is 1.67 bits per heavy atom. The summed E-state index contributed by atoms with van der Waals surface area (Å²) in [5.74, 6) is 0. The van der Waals surface area contributed by atoms with Crippen LogP contribution in [0, 0.1) is 4.77 Å². The minimum Gasteiger partial charge on any atom is -0.326 e. The number of carbonyl (C=O) groups is 1. The summed E-state index contributed by atoms with van der Waals surface area (Å²) in [7, 11) is -0.817. The predicted octanol–water partition coefficient (Wildman–Crippen LogP) is -0.0678. The van der Waals surface area contributed by atoms with Crippen LogP contribution in [0.5, 0.6) is 0 Å². The van der Waals surface area contributed by atoms with Crippen LogP contribution in [-0.4, -0.2) is 47.7 Å². The van der Waals surface area contributed by atoms with Gasteiger partial charge in [0, 0.05) is 13.6 Å². The first-order valence-electron chi connectivity index (χ1n) is 4.37. The van der Waals surface area contributed by atoms with Crippen LogP contribution >= 0.6 is 0 Å². The fraction of sp³-hybridized carbons (Fsp3) is 0.571. The van der Waals surface area contributed by atoms with Gasteiger partial charge in [0.25, 0.3) is 15.1 Å². The molecular formula is C7H12N4O3S. The van der Waals surface area contributed by atoms with E-state index in [0.717, 1.165) is 17.4 Å².